The van der Waals surface area contributed by atoms with E-state index in [0.717, 1.165) is 5.56 Å². The summed E-state index contributed by atoms with van der Waals surface area (Å²) in [4.78, 5) is 34.1. The first kappa shape index (κ1) is 20.8. The van der Waals surface area contributed by atoms with Gasteiger partial charge in [0, 0.05) is 23.3 Å². The summed E-state index contributed by atoms with van der Waals surface area (Å²) in [6.45, 7) is 6.01. The lowest BCUT2D eigenvalue weighted by Gasteiger charge is -2.19. The third-order valence-corrected chi connectivity index (χ3v) is 3.91. The predicted octanol–water partition coefficient (Wildman–Crippen LogP) is 2.77. The van der Waals surface area contributed by atoms with Crippen LogP contribution in [0.15, 0.2) is 53.6 Å². The Labute approximate surface area is 162 Å². The number of carbonyl (C=O) groups is 2. The van der Waals surface area contributed by atoms with E-state index in [2.05, 4.69) is 36.6 Å². The molecule has 0 saturated carbocycles. The first-order valence-electron chi connectivity index (χ1n) is 8.62. The van der Waals surface area contributed by atoms with E-state index in [0.29, 0.717) is 11.1 Å². The molecule has 0 aromatic heterocycles. The number of rotatable bonds is 6. The summed E-state index contributed by atoms with van der Waals surface area (Å²) in [5.41, 5.74) is 4.22. The molecule has 0 aliphatic carbocycles. The van der Waals surface area contributed by atoms with Crippen LogP contribution in [0.5, 0.6) is 0 Å². The third-order valence-electron chi connectivity index (χ3n) is 3.91. The van der Waals surface area contributed by atoms with Gasteiger partial charge in [0.25, 0.3) is 17.5 Å². The maximum absolute atomic E-state index is 12.1. The van der Waals surface area contributed by atoms with E-state index < -0.39 is 10.8 Å². The van der Waals surface area contributed by atoms with Crippen LogP contribution >= 0.6 is 0 Å². The van der Waals surface area contributed by atoms with Gasteiger partial charge in [0.05, 0.1) is 17.7 Å². The second kappa shape index (κ2) is 8.90. The zero-order valence-electron chi connectivity index (χ0n) is 15.9. The third kappa shape index (κ3) is 6.01. The molecule has 0 bridgehead atoms. The van der Waals surface area contributed by atoms with Crippen molar-refractivity contribution in [1.29, 1.82) is 0 Å². The topological polar surface area (TPSA) is 114 Å². The van der Waals surface area contributed by atoms with Crippen molar-refractivity contribution in [1.82, 2.24) is 10.7 Å². The monoisotopic (exact) mass is 382 g/mol. The van der Waals surface area contributed by atoms with E-state index >= 15 is 0 Å². The minimum Gasteiger partial charge on any atom is -0.343 e. The molecule has 2 aromatic rings. The number of hydrogen-bond donors (Lipinski definition) is 2. The minimum atomic E-state index is -0.514. The van der Waals surface area contributed by atoms with E-state index in [9.17, 15) is 19.7 Å². The van der Waals surface area contributed by atoms with Crippen molar-refractivity contribution in [3.05, 3.63) is 75.3 Å². The second-order valence-electron chi connectivity index (χ2n) is 7.16. The highest BCUT2D eigenvalue weighted by Crippen LogP contribution is 2.22. The number of carbonyl (C=O) groups excluding carboxylic acids is 2. The molecule has 28 heavy (non-hydrogen) atoms. The summed E-state index contributed by atoms with van der Waals surface area (Å²) in [6.07, 6.45) is 1.29. The van der Waals surface area contributed by atoms with Gasteiger partial charge in [0.1, 0.15) is 0 Å². The van der Waals surface area contributed by atoms with Gasteiger partial charge in [0.2, 0.25) is 0 Å². The molecule has 8 heteroatoms. The van der Waals surface area contributed by atoms with E-state index in [1.807, 2.05) is 12.1 Å². The summed E-state index contributed by atoms with van der Waals surface area (Å²) < 4.78 is 0. The molecule has 2 N–H and O–H groups in total. The van der Waals surface area contributed by atoms with Gasteiger partial charge >= 0.3 is 0 Å². The van der Waals surface area contributed by atoms with Crippen LogP contribution in [-0.4, -0.2) is 29.5 Å². The SMILES string of the molecule is CC(C)(C)c1ccc(C(=O)NCC(=O)N/N=C\c2cccc([N+](=O)[O-])c2)cc1. The van der Waals surface area contributed by atoms with Crippen molar-refractivity contribution in [2.45, 2.75) is 26.2 Å². The number of hydrogen-bond acceptors (Lipinski definition) is 5. The van der Waals surface area contributed by atoms with Crippen molar-refractivity contribution >= 4 is 23.7 Å². The maximum Gasteiger partial charge on any atom is 0.270 e. The average molecular weight is 382 g/mol. The molecule has 0 spiro atoms. The van der Waals surface area contributed by atoms with Gasteiger partial charge in [-0.2, -0.15) is 5.10 Å². The van der Waals surface area contributed by atoms with Crippen LogP contribution in [0.1, 0.15) is 42.3 Å². The smallest absolute Gasteiger partial charge is 0.270 e. The van der Waals surface area contributed by atoms with Crippen molar-refractivity contribution < 1.29 is 14.5 Å². The van der Waals surface area contributed by atoms with Crippen LogP contribution in [-0.2, 0) is 10.2 Å². The van der Waals surface area contributed by atoms with E-state index in [1.54, 1.807) is 18.2 Å². The Hall–Kier alpha value is -3.55. The Morgan fingerprint density at radius 1 is 1.14 bits per heavy atom. The molecule has 2 amide bonds. The second-order valence-corrected chi connectivity index (χ2v) is 7.16. The highest BCUT2D eigenvalue weighted by atomic mass is 16.6. The summed E-state index contributed by atoms with van der Waals surface area (Å²) in [5, 5.41) is 17.0. The average Bonchev–Trinajstić information content (AvgIpc) is 2.65. The highest BCUT2D eigenvalue weighted by Gasteiger charge is 2.14. The molecule has 0 saturated heterocycles. The van der Waals surface area contributed by atoms with Crippen LogP contribution in [0.25, 0.3) is 0 Å². The zero-order valence-corrected chi connectivity index (χ0v) is 15.9. The fraction of sp³-hybridized carbons (Fsp3) is 0.250. The summed E-state index contributed by atoms with van der Waals surface area (Å²) in [6, 6.07) is 13.0. The van der Waals surface area contributed by atoms with E-state index in [4.69, 9.17) is 0 Å². The van der Waals surface area contributed by atoms with Gasteiger partial charge in [-0.3, -0.25) is 19.7 Å². The van der Waals surface area contributed by atoms with Crippen LogP contribution in [0.2, 0.25) is 0 Å². The van der Waals surface area contributed by atoms with Crippen molar-refractivity contribution in [2.24, 2.45) is 5.10 Å². The number of hydrazone groups is 1. The normalized spacial score (nSPS) is 11.2. The molecule has 0 fully saturated rings. The molecule has 0 heterocycles. The molecular weight excluding hydrogens is 360 g/mol. The fourth-order valence-electron chi connectivity index (χ4n) is 2.32. The van der Waals surface area contributed by atoms with Gasteiger partial charge in [0.15, 0.2) is 0 Å². The zero-order chi connectivity index (χ0) is 20.7. The fourth-order valence-corrected chi connectivity index (χ4v) is 2.32. The Morgan fingerprint density at radius 2 is 1.82 bits per heavy atom. The van der Waals surface area contributed by atoms with Crippen LogP contribution in [0, 0.1) is 10.1 Å². The predicted molar refractivity (Wildman–Crippen MR) is 106 cm³/mol. The number of nitrogens with zero attached hydrogens (tertiary/aromatic N) is 2. The van der Waals surface area contributed by atoms with E-state index in [1.165, 1.54) is 24.4 Å². The Kier molecular flexibility index (Phi) is 6.59. The molecule has 0 radical (unpaired) electrons. The quantitative estimate of drug-likeness (QED) is 0.454. The first-order chi connectivity index (χ1) is 13.2. The van der Waals surface area contributed by atoms with Crippen molar-refractivity contribution in [3.8, 4) is 0 Å². The molecule has 0 aliphatic rings. The lowest BCUT2D eigenvalue weighted by Crippen LogP contribution is -2.34. The standard InChI is InChI=1S/C20H22N4O4/c1-20(2,3)16-9-7-15(8-10-16)19(26)21-13-18(25)23-22-12-14-5-4-6-17(11-14)24(27)28/h4-12H,13H2,1-3H3,(H,21,26)(H,23,25)/b22-12-. The van der Waals surface area contributed by atoms with Gasteiger partial charge in [-0.05, 0) is 23.1 Å². The highest BCUT2D eigenvalue weighted by molar-refractivity contribution is 5.96. The van der Waals surface area contributed by atoms with E-state index in [-0.39, 0.29) is 23.6 Å². The lowest BCUT2D eigenvalue weighted by molar-refractivity contribution is -0.384. The molecule has 146 valence electrons. The maximum atomic E-state index is 12.1. The molecule has 8 nitrogen and oxygen atoms in total. The molecule has 0 unspecified atom stereocenters. The summed E-state index contributed by atoms with van der Waals surface area (Å²) in [7, 11) is 0. The molecular formula is C20H22N4O4. The van der Waals surface area contributed by atoms with Crippen molar-refractivity contribution in [2.75, 3.05) is 6.54 Å². The Bertz CT molecular complexity index is 899. The van der Waals surface area contributed by atoms with Gasteiger partial charge in [-0.25, -0.2) is 5.43 Å². The van der Waals surface area contributed by atoms with Crippen molar-refractivity contribution in [3.63, 3.8) is 0 Å². The lowest BCUT2D eigenvalue weighted by atomic mass is 9.87. The molecule has 0 aliphatic heterocycles. The van der Waals surface area contributed by atoms with Crippen LogP contribution in [0.4, 0.5) is 5.69 Å². The number of amides is 2. The Morgan fingerprint density at radius 3 is 2.43 bits per heavy atom. The van der Waals surface area contributed by atoms with Gasteiger partial charge in [-0.15, -0.1) is 0 Å². The summed E-state index contributed by atoms with van der Waals surface area (Å²) >= 11 is 0. The van der Waals surface area contributed by atoms with Crippen LogP contribution < -0.4 is 10.7 Å². The molecule has 2 rings (SSSR count). The number of benzene rings is 2. The molecule has 2 aromatic carbocycles. The number of non-ortho nitro benzene ring substituents is 1. The number of nitro benzene ring substituents is 1. The first-order valence-corrected chi connectivity index (χ1v) is 8.62. The summed E-state index contributed by atoms with van der Waals surface area (Å²) in [5.74, 6) is -0.875. The number of nitrogens with one attached hydrogen (secondary N) is 2. The minimum absolute atomic E-state index is 0.00786. The number of nitro groups is 1. The molecule has 0 atom stereocenters. The van der Waals surface area contributed by atoms with Gasteiger partial charge in [-0.1, -0.05) is 45.0 Å². The largest absolute Gasteiger partial charge is 0.343 e. The Balaban J connectivity index is 1.84. The van der Waals surface area contributed by atoms with Crippen LogP contribution in [0.3, 0.4) is 0 Å². The van der Waals surface area contributed by atoms with Gasteiger partial charge < -0.3 is 5.32 Å².